The molecule has 0 spiro atoms. The zero-order chi connectivity index (χ0) is 13.4. The standard InChI is InChI=1S/C9H15NO5S2/c1-9(2,17(3,14)15)8(13)10-5-16-4-6(10)7(11)12/h6H,4-5H2,1-3H3,(H,11,12). The highest BCUT2D eigenvalue weighted by Crippen LogP contribution is 2.27. The summed E-state index contributed by atoms with van der Waals surface area (Å²) in [5.41, 5.74) is 0. The van der Waals surface area contributed by atoms with E-state index in [-0.39, 0.29) is 5.88 Å². The SMILES string of the molecule is CC(C)(C(=O)N1CSCC1C(=O)O)S(C)(=O)=O. The fraction of sp³-hybridized carbons (Fsp3) is 0.778. The normalized spacial score (nSPS) is 21.6. The third-order valence-corrected chi connectivity index (χ3v) is 5.91. The van der Waals surface area contributed by atoms with Crippen LogP contribution in [0.4, 0.5) is 0 Å². The monoisotopic (exact) mass is 281 g/mol. The Morgan fingerprint density at radius 2 is 1.94 bits per heavy atom. The first-order chi connectivity index (χ1) is 7.59. The molecule has 1 N–H and O–H groups in total. The molecule has 0 bridgehead atoms. The first-order valence-electron chi connectivity index (χ1n) is 4.90. The van der Waals surface area contributed by atoms with Gasteiger partial charge in [-0.2, -0.15) is 0 Å². The lowest BCUT2D eigenvalue weighted by Gasteiger charge is -2.29. The first-order valence-corrected chi connectivity index (χ1v) is 7.95. The van der Waals surface area contributed by atoms with E-state index in [0.717, 1.165) is 11.2 Å². The van der Waals surface area contributed by atoms with Crippen molar-refractivity contribution in [3.8, 4) is 0 Å². The molecule has 1 atom stereocenters. The summed E-state index contributed by atoms with van der Waals surface area (Å²) < 4.78 is 21.5. The van der Waals surface area contributed by atoms with Crippen molar-refractivity contribution in [3.63, 3.8) is 0 Å². The Hall–Kier alpha value is -0.760. The molecule has 0 aromatic carbocycles. The summed E-state index contributed by atoms with van der Waals surface area (Å²) in [7, 11) is -3.58. The molecule has 98 valence electrons. The molecule has 0 radical (unpaired) electrons. The fourth-order valence-corrected chi connectivity index (χ4v) is 2.93. The van der Waals surface area contributed by atoms with Gasteiger partial charge in [-0.05, 0) is 13.8 Å². The van der Waals surface area contributed by atoms with E-state index >= 15 is 0 Å². The van der Waals surface area contributed by atoms with E-state index in [1.165, 1.54) is 25.6 Å². The third-order valence-electron chi connectivity index (χ3n) is 2.87. The van der Waals surface area contributed by atoms with Crippen LogP contribution in [0.1, 0.15) is 13.8 Å². The number of aliphatic carboxylic acids is 1. The lowest BCUT2D eigenvalue weighted by Crippen LogP contribution is -2.53. The maximum Gasteiger partial charge on any atom is 0.327 e. The van der Waals surface area contributed by atoms with Gasteiger partial charge < -0.3 is 10.0 Å². The molecule has 17 heavy (non-hydrogen) atoms. The number of hydrogen-bond acceptors (Lipinski definition) is 5. The van der Waals surface area contributed by atoms with Crippen molar-refractivity contribution in [2.45, 2.75) is 24.6 Å². The van der Waals surface area contributed by atoms with E-state index in [1.54, 1.807) is 0 Å². The molecule has 1 heterocycles. The van der Waals surface area contributed by atoms with Gasteiger partial charge in [0.05, 0.1) is 5.88 Å². The molecular weight excluding hydrogens is 266 g/mol. The van der Waals surface area contributed by atoms with Gasteiger partial charge in [0, 0.05) is 12.0 Å². The summed E-state index contributed by atoms with van der Waals surface area (Å²) >= 11 is 1.30. The van der Waals surface area contributed by atoms with Gasteiger partial charge >= 0.3 is 5.97 Å². The topological polar surface area (TPSA) is 91.8 Å². The predicted molar refractivity (Wildman–Crippen MR) is 64.5 cm³/mol. The van der Waals surface area contributed by atoms with Crippen LogP contribution in [-0.4, -0.2) is 59.0 Å². The highest BCUT2D eigenvalue weighted by molar-refractivity contribution is 7.99. The van der Waals surface area contributed by atoms with Crippen molar-refractivity contribution < 1.29 is 23.1 Å². The molecule has 0 aromatic heterocycles. The van der Waals surface area contributed by atoms with Crippen molar-refractivity contribution in [2.75, 3.05) is 17.9 Å². The molecule has 0 aliphatic carbocycles. The molecule has 1 saturated heterocycles. The van der Waals surface area contributed by atoms with Crippen molar-refractivity contribution in [1.29, 1.82) is 0 Å². The van der Waals surface area contributed by atoms with E-state index in [2.05, 4.69) is 0 Å². The van der Waals surface area contributed by atoms with Crippen molar-refractivity contribution in [3.05, 3.63) is 0 Å². The summed E-state index contributed by atoms with van der Waals surface area (Å²) in [6, 6.07) is -0.937. The number of amides is 1. The fourth-order valence-electron chi connectivity index (χ4n) is 1.35. The van der Waals surface area contributed by atoms with Crippen LogP contribution in [-0.2, 0) is 19.4 Å². The average Bonchev–Trinajstić information content (AvgIpc) is 2.62. The second kappa shape index (κ2) is 4.49. The molecule has 1 amide bonds. The number of rotatable bonds is 3. The second-order valence-corrected chi connectivity index (χ2v) is 7.98. The molecule has 1 rings (SSSR count). The third kappa shape index (κ3) is 2.57. The number of sulfone groups is 1. The summed E-state index contributed by atoms with van der Waals surface area (Å²) in [6.07, 6.45) is 0.976. The van der Waals surface area contributed by atoms with Gasteiger partial charge in [0.2, 0.25) is 5.91 Å². The van der Waals surface area contributed by atoms with Crippen molar-refractivity contribution >= 4 is 33.5 Å². The van der Waals surface area contributed by atoms with Gasteiger partial charge in [0.15, 0.2) is 9.84 Å². The van der Waals surface area contributed by atoms with E-state index in [4.69, 9.17) is 5.11 Å². The summed E-state index contributed by atoms with van der Waals surface area (Å²) in [5.74, 6) is -1.25. The summed E-state index contributed by atoms with van der Waals surface area (Å²) in [5, 5.41) is 8.94. The molecular formula is C9H15NO5S2. The van der Waals surface area contributed by atoms with Gasteiger partial charge in [0.1, 0.15) is 10.8 Å². The summed E-state index contributed by atoms with van der Waals surface area (Å²) in [6.45, 7) is 2.60. The maximum absolute atomic E-state index is 12.1. The van der Waals surface area contributed by atoms with E-state index in [1.807, 2.05) is 0 Å². The Morgan fingerprint density at radius 3 is 2.35 bits per heavy atom. The minimum atomic E-state index is -3.58. The van der Waals surface area contributed by atoms with Crippen molar-refractivity contribution in [2.24, 2.45) is 0 Å². The number of carboxylic acid groups (broad SMARTS) is 1. The van der Waals surface area contributed by atoms with Crippen LogP contribution in [0, 0.1) is 0 Å². The predicted octanol–water partition coefficient (Wildman–Crippen LogP) is -0.204. The molecule has 1 unspecified atom stereocenters. The Labute approximate surface area is 104 Å². The van der Waals surface area contributed by atoms with Crippen LogP contribution in [0.15, 0.2) is 0 Å². The number of nitrogens with zero attached hydrogens (tertiary/aromatic N) is 1. The lowest BCUT2D eigenvalue weighted by molar-refractivity contribution is -0.148. The van der Waals surface area contributed by atoms with Gasteiger partial charge in [-0.1, -0.05) is 0 Å². The smallest absolute Gasteiger partial charge is 0.327 e. The van der Waals surface area contributed by atoms with Gasteiger partial charge in [0.25, 0.3) is 0 Å². The van der Waals surface area contributed by atoms with Crippen LogP contribution < -0.4 is 0 Å². The highest BCUT2D eigenvalue weighted by atomic mass is 32.2. The summed E-state index contributed by atoms with van der Waals surface area (Å²) in [4.78, 5) is 24.2. The van der Waals surface area contributed by atoms with E-state index in [9.17, 15) is 18.0 Å². The Kier molecular flexibility index (Phi) is 3.78. The maximum atomic E-state index is 12.1. The number of hydrogen-bond donors (Lipinski definition) is 1. The molecule has 1 aliphatic rings. The van der Waals surface area contributed by atoms with Crippen molar-refractivity contribution in [1.82, 2.24) is 4.90 Å². The van der Waals surface area contributed by atoms with Crippen LogP contribution >= 0.6 is 11.8 Å². The largest absolute Gasteiger partial charge is 0.480 e. The Morgan fingerprint density at radius 1 is 1.41 bits per heavy atom. The number of carbonyl (C=O) groups is 2. The van der Waals surface area contributed by atoms with Crippen LogP contribution in [0.3, 0.4) is 0 Å². The Balaban J connectivity index is 3.02. The van der Waals surface area contributed by atoms with Gasteiger partial charge in [-0.25, -0.2) is 13.2 Å². The quantitative estimate of drug-likeness (QED) is 0.770. The number of carboxylic acids is 1. The molecule has 1 aliphatic heterocycles. The first kappa shape index (κ1) is 14.3. The highest BCUT2D eigenvalue weighted by Gasteiger charge is 2.46. The zero-order valence-electron chi connectivity index (χ0n) is 9.84. The molecule has 1 fully saturated rings. The molecule has 0 saturated carbocycles. The average molecular weight is 281 g/mol. The molecule has 8 heteroatoms. The molecule has 6 nitrogen and oxygen atoms in total. The second-order valence-electron chi connectivity index (χ2n) is 4.41. The molecule has 0 aromatic rings. The van der Waals surface area contributed by atoms with E-state index < -0.39 is 32.5 Å². The van der Waals surface area contributed by atoms with Gasteiger partial charge in [-0.15, -0.1) is 11.8 Å². The van der Waals surface area contributed by atoms with Crippen LogP contribution in [0.25, 0.3) is 0 Å². The minimum Gasteiger partial charge on any atom is -0.480 e. The van der Waals surface area contributed by atoms with Crippen LogP contribution in [0.2, 0.25) is 0 Å². The zero-order valence-corrected chi connectivity index (χ0v) is 11.5. The van der Waals surface area contributed by atoms with Gasteiger partial charge in [-0.3, -0.25) is 4.79 Å². The number of carbonyl (C=O) groups excluding carboxylic acids is 1. The Bertz CT molecular complexity index is 442. The van der Waals surface area contributed by atoms with E-state index in [0.29, 0.717) is 5.75 Å². The van der Waals surface area contributed by atoms with Crippen LogP contribution in [0.5, 0.6) is 0 Å². The lowest BCUT2D eigenvalue weighted by atomic mass is 10.1. The minimum absolute atomic E-state index is 0.217. The number of thioether (sulfide) groups is 1.